The molecule has 0 amide bonds. The monoisotopic (exact) mass is 365 g/mol. The van der Waals surface area contributed by atoms with Gasteiger partial charge in [-0.1, -0.05) is 6.92 Å². The van der Waals surface area contributed by atoms with Crippen molar-refractivity contribution in [2.24, 2.45) is 11.8 Å². The number of benzene rings is 1. The summed E-state index contributed by atoms with van der Waals surface area (Å²) in [6.45, 7) is 4.35. The van der Waals surface area contributed by atoms with Crippen LogP contribution in [0.25, 0.3) is 10.9 Å². The van der Waals surface area contributed by atoms with Crippen LogP contribution < -0.4 is 9.64 Å². The second kappa shape index (κ2) is 5.65. The van der Waals surface area contributed by atoms with Gasteiger partial charge in [-0.05, 0) is 24.8 Å². The van der Waals surface area contributed by atoms with E-state index in [1.165, 1.54) is 20.1 Å². The Kier molecular flexibility index (Phi) is 3.58. The fourth-order valence-corrected chi connectivity index (χ4v) is 6.21. The molecule has 3 aliphatic heterocycles. The van der Waals surface area contributed by atoms with Crippen LogP contribution in [0.15, 0.2) is 0 Å². The van der Waals surface area contributed by atoms with E-state index in [0.717, 1.165) is 30.6 Å². The van der Waals surface area contributed by atoms with Crippen molar-refractivity contribution < 1.29 is 22.8 Å². The molecule has 4 heterocycles. The van der Waals surface area contributed by atoms with Crippen molar-refractivity contribution in [3.8, 4) is 5.75 Å². The van der Waals surface area contributed by atoms with Crippen LogP contribution >= 0.6 is 0 Å². The molecule has 6 rings (SSSR count). The zero-order valence-electron chi connectivity index (χ0n) is 15.1. The van der Waals surface area contributed by atoms with Gasteiger partial charge in [0.1, 0.15) is 0 Å². The molecule has 1 aliphatic carbocycles. The maximum absolute atomic E-state index is 15.0. The third-order valence-corrected chi connectivity index (χ3v) is 7.15. The molecule has 3 fully saturated rings. The van der Waals surface area contributed by atoms with Crippen LogP contribution in [0.3, 0.4) is 0 Å². The van der Waals surface area contributed by atoms with E-state index < -0.39 is 23.2 Å². The lowest BCUT2D eigenvalue weighted by Crippen LogP contribution is -3.20. The standard InChI is InChI=1S/C20H23F3N2O/c1-3-10-6-9-7-12-17-11(4-5-25(8-9)19(10)12)13-14(21)20(26-2)16(23)15(22)18(13)24-17/h9-10,12,19,24H,3-8H2,1-2H3/p+1/t9-,10+,12+,19?/m1/s1. The van der Waals surface area contributed by atoms with Crippen LogP contribution in [0.1, 0.15) is 43.4 Å². The number of rotatable bonds is 2. The summed E-state index contributed by atoms with van der Waals surface area (Å²) in [7, 11) is 1.17. The van der Waals surface area contributed by atoms with Gasteiger partial charge >= 0.3 is 0 Å². The number of ether oxygens (including phenoxy) is 1. The molecule has 2 unspecified atom stereocenters. The average molecular weight is 365 g/mol. The molecule has 0 spiro atoms. The van der Waals surface area contributed by atoms with Crippen molar-refractivity contribution in [2.75, 3.05) is 20.2 Å². The molecule has 2 N–H and O–H groups in total. The van der Waals surface area contributed by atoms with Gasteiger partial charge in [0.2, 0.25) is 5.82 Å². The van der Waals surface area contributed by atoms with Crippen LogP contribution in [-0.2, 0) is 6.42 Å². The normalized spacial score (nSPS) is 32.6. The summed E-state index contributed by atoms with van der Waals surface area (Å²) in [5, 5.41) is 0.188. The van der Waals surface area contributed by atoms with Gasteiger partial charge < -0.3 is 14.6 Å². The number of fused-ring (bicyclic) bond motifs is 4. The van der Waals surface area contributed by atoms with Gasteiger partial charge in [0.25, 0.3) is 0 Å². The first-order valence-electron chi connectivity index (χ1n) is 9.64. The van der Waals surface area contributed by atoms with E-state index in [9.17, 15) is 13.2 Å². The van der Waals surface area contributed by atoms with Gasteiger partial charge in [-0.25, -0.2) is 8.78 Å². The first-order valence-corrected chi connectivity index (χ1v) is 9.64. The Bertz CT molecular complexity index is 893. The topological polar surface area (TPSA) is 29.5 Å². The number of aromatic nitrogens is 1. The zero-order valence-corrected chi connectivity index (χ0v) is 15.1. The predicted octanol–water partition coefficient (Wildman–Crippen LogP) is 2.94. The minimum absolute atomic E-state index is 0.0382. The highest BCUT2D eigenvalue weighted by molar-refractivity contribution is 5.88. The summed E-state index contributed by atoms with van der Waals surface area (Å²) in [6, 6.07) is 0.497. The minimum Gasteiger partial charge on any atom is -0.491 e. The molecule has 2 saturated heterocycles. The second-order valence-electron chi connectivity index (χ2n) is 8.24. The Labute approximate surface area is 150 Å². The molecule has 1 saturated carbocycles. The average Bonchev–Trinajstić information content (AvgIpc) is 3.00. The van der Waals surface area contributed by atoms with E-state index in [1.54, 1.807) is 4.90 Å². The molecule has 1 aromatic heterocycles. The summed E-state index contributed by atoms with van der Waals surface area (Å²) >= 11 is 0. The smallest absolute Gasteiger partial charge is 0.205 e. The lowest BCUT2D eigenvalue weighted by atomic mass is 9.65. The number of aromatic amines is 1. The van der Waals surface area contributed by atoms with Crippen LogP contribution in [0.4, 0.5) is 13.2 Å². The number of methoxy groups -OCH3 is 1. The van der Waals surface area contributed by atoms with Crippen molar-refractivity contribution in [3.63, 3.8) is 0 Å². The number of nitrogens with one attached hydrogen (secondary N) is 2. The molecule has 2 aromatic rings. The molecular formula is C20H24F3N2O+. The van der Waals surface area contributed by atoms with E-state index in [-0.39, 0.29) is 16.8 Å². The molecular weight excluding hydrogens is 341 g/mol. The van der Waals surface area contributed by atoms with E-state index >= 15 is 0 Å². The van der Waals surface area contributed by atoms with Crippen LogP contribution in [-0.4, -0.2) is 31.2 Å². The molecule has 4 bridgehead atoms. The van der Waals surface area contributed by atoms with Crippen LogP contribution in [0.5, 0.6) is 5.75 Å². The number of hydrogen-bond acceptors (Lipinski definition) is 1. The lowest BCUT2D eigenvalue weighted by Gasteiger charge is -2.50. The van der Waals surface area contributed by atoms with Gasteiger partial charge in [-0.3, -0.25) is 0 Å². The van der Waals surface area contributed by atoms with Gasteiger partial charge in [-0.2, -0.15) is 4.39 Å². The highest BCUT2D eigenvalue weighted by Gasteiger charge is 2.52. The molecule has 140 valence electrons. The van der Waals surface area contributed by atoms with Gasteiger partial charge in [0.05, 0.1) is 37.7 Å². The van der Waals surface area contributed by atoms with Crippen molar-refractivity contribution in [1.82, 2.24) is 4.98 Å². The van der Waals surface area contributed by atoms with Crippen LogP contribution in [0, 0.1) is 29.3 Å². The molecule has 0 radical (unpaired) electrons. The maximum atomic E-state index is 15.0. The summed E-state index contributed by atoms with van der Waals surface area (Å²) in [5.74, 6) is -2.09. The Morgan fingerprint density at radius 3 is 2.69 bits per heavy atom. The van der Waals surface area contributed by atoms with Crippen molar-refractivity contribution >= 4 is 10.9 Å². The number of piperidine rings is 2. The first kappa shape index (κ1) is 16.5. The molecule has 3 nitrogen and oxygen atoms in total. The largest absolute Gasteiger partial charge is 0.491 e. The third kappa shape index (κ3) is 1.99. The fourth-order valence-electron chi connectivity index (χ4n) is 6.21. The van der Waals surface area contributed by atoms with Gasteiger partial charge in [0.15, 0.2) is 17.4 Å². The van der Waals surface area contributed by atoms with E-state index in [2.05, 4.69) is 11.9 Å². The molecule has 1 aromatic carbocycles. The summed E-state index contributed by atoms with van der Waals surface area (Å²) in [4.78, 5) is 4.73. The number of hydrogen-bond donors (Lipinski definition) is 2. The van der Waals surface area contributed by atoms with Crippen molar-refractivity contribution in [1.29, 1.82) is 0 Å². The summed E-state index contributed by atoms with van der Waals surface area (Å²) in [5.41, 5.74) is 1.73. The quantitative estimate of drug-likeness (QED) is 0.788. The Hall–Kier alpha value is -1.69. The number of halogens is 3. The van der Waals surface area contributed by atoms with Crippen molar-refractivity contribution in [2.45, 2.75) is 44.6 Å². The number of quaternary nitrogens is 1. The summed E-state index contributed by atoms with van der Waals surface area (Å²) < 4.78 is 48.6. The maximum Gasteiger partial charge on any atom is 0.205 e. The Morgan fingerprint density at radius 2 is 1.96 bits per heavy atom. The van der Waals surface area contributed by atoms with E-state index in [0.29, 0.717) is 24.3 Å². The van der Waals surface area contributed by atoms with Gasteiger partial charge in [0, 0.05) is 29.3 Å². The zero-order chi connectivity index (χ0) is 18.2. The van der Waals surface area contributed by atoms with Crippen LogP contribution in [0.2, 0.25) is 0 Å². The highest BCUT2D eigenvalue weighted by Crippen LogP contribution is 2.46. The first-order chi connectivity index (χ1) is 12.5. The second-order valence-corrected chi connectivity index (χ2v) is 8.24. The Balaban J connectivity index is 1.75. The van der Waals surface area contributed by atoms with E-state index in [1.807, 2.05) is 0 Å². The summed E-state index contributed by atoms with van der Waals surface area (Å²) in [6.07, 6.45) is 4.16. The predicted molar refractivity (Wildman–Crippen MR) is 92.2 cm³/mol. The minimum atomic E-state index is -1.25. The molecule has 26 heavy (non-hydrogen) atoms. The third-order valence-electron chi connectivity index (χ3n) is 7.15. The fraction of sp³-hybridized carbons (Fsp3) is 0.600. The highest BCUT2D eigenvalue weighted by atomic mass is 19.2. The number of H-pyrrole nitrogens is 1. The van der Waals surface area contributed by atoms with Crippen molar-refractivity contribution in [3.05, 3.63) is 28.7 Å². The van der Waals surface area contributed by atoms with Gasteiger partial charge in [-0.15, -0.1) is 0 Å². The van der Waals surface area contributed by atoms with E-state index in [4.69, 9.17) is 4.74 Å². The molecule has 4 aliphatic rings. The SMILES string of the molecule is CC[C@H]1C[C@@H]2C[C@H]3c4[nH]c5c(F)c(F)c(OC)c(F)c5c4CC[NH+](C2)C13. The molecule has 6 heteroatoms. The Morgan fingerprint density at radius 1 is 1.15 bits per heavy atom. The lowest BCUT2D eigenvalue weighted by molar-refractivity contribution is -0.946. The molecule has 5 atom stereocenters.